The van der Waals surface area contributed by atoms with Gasteiger partial charge in [-0.05, 0) is 28.8 Å². The quantitative estimate of drug-likeness (QED) is 0.626. The molecule has 0 aliphatic carbocycles. The second kappa shape index (κ2) is 8.14. The second-order valence-electron chi connectivity index (χ2n) is 6.09. The third-order valence-electron chi connectivity index (χ3n) is 3.93. The summed E-state index contributed by atoms with van der Waals surface area (Å²) in [6.45, 7) is 1.90. The zero-order valence-electron chi connectivity index (χ0n) is 14.8. The van der Waals surface area contributed by atoms with Gasteiger partial charge in [0.2, 0.25) is 5.91 Å². The predicted molar refractivity (Wildman–Crippen MR) is 104 cm³/mol. The monoisotopic (exact) mass is 361 g/mol. The SMILES string of the molecule is CC(=O)NCc1ccc(C=c2[nH]c(=O)c(=Cc3ccccc3)[nH]c2=O)cc1. The first kappa shape index (κ1) is 18.1. The van der Waals surface area contributed by atoms with Crippen LogP contribution in [0.5, 0.6) is 0 Å². The van der Waals surface area contributed by atoms with Gasteiger partial charge in [0.25, 0.3) is 11.1 Å². The molecule has 136 valence electrons. The van der Waals surface area contributed by atoms with E-state index < -0.39 is 0 Å². The fourth-order valence-electron chi connectivity index (χ4n) is 2.54. The van der Waals surface area contributed by atoms with Crippen LogP contribution < -0.4 is 27.1 Å². The van der Waals surface area contributed by atoms with Crippen molar-refractivity contribution in [3.63, 3.8) is 0 Å². The third-order valence-corrected chi connectivity index (χ3v) is 3.93. The first-order valence-electron chi connectivity index (χ1n) is 8.46. The fraction of sp³-hybridized carbons (Fsp3) is 0.0952. The number of rotatable bonds is 4. The molecule has 0 fully saturated rings. The van der Waals surface area contributed by atoms with Crippen LogP contribution in [0.1, 0.15) is 23.6 Å². The first-order chi connectivity index (χ1) is 13.0. The Kier molecular flexibility index (Phi) is 5.47. The Morgan fingerprint density at radius 1 is 0.852 bits per heavy atom. The van der Waals surface area contributed by atoms with Crippen molar-refractivity contribution in [3.05, 3.63) is 103 Å². The molecule has 1 aromatic heterocycles. The summed E-state index contributed by atoms with van der Waals surface area (Å²) >= 11 is 0. The van der Waals surface area contributed by atoms with Crippen molar-refractivity contribution in [3.8, 4) is 0 Å². The van der Waals surface area contributed by atoms with Crippen molar-refractivity contribution in [1.29, 1.82) is 0 Å². The number of carbonyl (C=O) groups is 1. The molecule has 3 aromatic rings. The highest BCUT2D eigenvalue weighted by atomic mass is 16.1. The molecule has 0 saturated carbocycles. The summed E-state index contributed by atoms with van der Waals surface area (Å²) < 4.78 is 0. The maximum Gasteiger partial charge on any atom is 0.272 e. The Morgan fingerprint density at radius 2 is 1.37 bits per heavy atom. The summed E-state index contributed by atoms with van der Waals surface area (Å²) in [5, 5.41) is 3.10. The molecule has 0 radical (unpaired) electrons. The number of nitrogens with one attached hydrogen (secondary N) is 3. The Balaban J connectivity index is 1.92. The van der Waals surface area contributed by atoms with Gasteiger partial charge in [-0.15, -0.1) is 0 Å². The van der Waals surface area contributed by atoms with Crippen LogP contribution >= 0.6 is 0 Å². The minimum Gasteiger partial charge on any atom is -0.352 e. The summed E-state index contributed by atoms with van der Waals surface area (Å²) in [4.78, 5) is 40.8. The number of aromatic nitrogens is 2. The molecule has 1 heterocycles. The van der Waals surface area contributed by atoms with E-state index in [1.54, 1.807) is 12.2 Å². The molecular weight excluding hydrogens is 342 g/mol. The highest BCUT2D eigenvalue weighted by molar-refractivity contribution is 5.72. The Labute approximate surface area is 154 Å². The van der Waals surface area contributed by atoms with Gasteiger partial charge >= 0.3 is 0 Å². The van der Waals surface area contributed by atoms with Crippen LogP contribution in [0.25, 0.3) is 12.2 Å². The summed E-state index contributed by atoms with van der Waals surface area (Å²) in [5.74, 6) is -0.0952. The standard InChI is InChI=1S/C21H19N3O3/c1-14(25)22-13-17-9-7-16(8-10-17)12-19-21(27)23-18(20(26)24-19)11-15-5-3-2-4-6-15/h2-12H,13H2,1H3,(H,22,25)(H,23,27)(H,24,26). The van der Waals surface area contributed by atoms with E-state index in [0.717, 1.165) is 16.7 Å². The van der Waals surface area contributed by atoms with E-state index in [9.17, 15) is 14.4 Å². The summed E-state index contributed by atoms with van der Waals surface area (Å²) in [6.07, 6.45) is 3.23. The molecule has 27 heavy (non-hydrogen) atoms. The van der Waals surface area contributed by atoms with Gasteiger partial charge in [0.15, 0.2) is 0 Å². The topological polar surface area (TPSA) is 94.8 Å². The van der Waals surface area contributed by atoms with Crippen molar-refractivity contribution >= 4 is 18.1 Å². The zero-order valence-corrected chi connectivity index (χ0v) is 14.8. The molecule has 0 aliphatic heterocycles. The molecule has 3 N–H and O–H groups in total. The maximum atomic E-state index is 12.3. The lowest BCUT2D eigenvalue weighted by Gasteiger charge is -2.02. The number of hydrogen-bond donors (Lipinski definition) is 3. The average Bonchev–Trinajstić information content (AvgIpc) is 2.66. The van der Waals surface area contributed by atoms with Crippen molar-refractivity contribution in [2.75, 3.05) is 0 Å². The van der Waals surface area contributed by atoms with Gasteiger partial charge in [0, 0.05) is 13.5 Å². The maximum absolute atomic E-state index is 12.3. The molecule has 0 bridgehead atoms. The van der Waals surface area contributed by atoms with E-state index >= 15 is 0 Å². The average molecular weight is 361 g/mol. The number of hydrogen-bond acceptors (Lipinski definition) is 3. The lowest BCUT2D eigenvalue weighted by molar-refractivity contribution is -0.119. The smallest absolute Gasteiger partial charge is 0.272 e. The minimum atomic E-state index is -0.376. The van der Waals surface area contributed by atoms with Crippen LogP contribution in [0, 0.1) is 0 Å². The Bertz CT molecular complexity index is 1170. The van der Waals surface area contributed by atoms with Crippen molar-refractivity contribution in [1.82, 2.24) is 15.3 Å². The second-order valence-corrected chi connectivity index (χ2v) is 6.09. The van der Waals surface area contributed by atoms with Gasteiger partial charge in [-0.1, -0.05) is 54.6 Å². The Morgan fingerprint density at radius 3 is 1.89 bits per heavy atom. The minimum absolute atomic E-state index is 0.0952. The molecule has 6 heteroatoms. The highest BCUT2D eigenvalue weighted by Gasteiger charge is 1.98. The highest BCUT2D eigenvalue weighted by Crippen LogP contribution is 2.04. The predicted octanol–water partition coefficient (Wildman–Crippen LogP) is 0.357. The number of benzene rings is 2. The van der Waals surface area contributed by atoms with E-state index in [-0.39, 0.29) is 27.7 Å². The molecule has 0 aliphatic rings. The third kappa shape index (κ3) is 4.92. The van der Waals surface area contributed by atoms with E-state index in [0.29, 0.717) is 6.54 Å². The molecule has 6 nitrogen and oxygen atoms in total. The van der Waals surface area contributed by atoms with Crippen LogP contribution in [-0.2, 0) is 11.3 Å². The molecule has 0 saturated heterocycles. The van der Waals surface area contributed by atoms with Gasteiger partial charge in [0.1, 0.15) is 10.7 Å². The summed E-state index contributed by atoms with van der Waals surface area (Å²) in [7, 11) is 0. The van der Waals surface area contributed by atoms with Gasteiger partial charge in [-0.3, -0.25) is 14.4 Å². The summed E-state index contributed by atoms with van der Waals surface area (Å²) in [5.41, 5.74) is 1.79. The molecule has 1 amide bonds. The van der Waals surface area contributed by atoms with Crippen molar-refractivity contribution in [2.24, 2.45) is 0 Å². The molecule has 2 aromatic carbocycles. The molecule has 0 unspecified atom stereocenters. The van der Waals surface area contributed by atoms with Gasteiger partial charge in [-0.2, -0.15) is 0 Å². The molecular formula is C21H19N3O3. The lowest BCUT2D eigenvalue weighted by atomic mass is 10.1. The molecule has 0 atom stereocenters. The van der Waals surface area contributed by atoms with Crippen LogP contribution in [0.3, 0.4) is 0 Å². The van der Waals surface area contributed by atoms with Crippen LogP contribution in [0.4, 0.5) is 0 Å². The van der Waals surface area contributed by atoms with Crippen LogP contribution in [0.15, 0.2) is 64.2 Å². The van der Waals surface area contributed by atoms with Gasteiger partial charge < -0.3 is 15.3 Å². The first-order valence-corrected chi connectivity index (χ1v) is 8.46. The van der Waals surface area contributed by atoms with E-state index in [2.05, 4.69) is 15.3 Å². The van der Waals surface area contributed by atoms with Gasteiger partial charge in [-0.25, -0.2) is 0 Å². The number of carbonyl (C=O) groups excluding carboxylic acids is 1. The lowest BCUT2D eigenvalue weighted by Crippen LogP contribution is -2.46. The number of aromatic amines is 2. The van der Waals surface area contributed by atoms with E-state index in [4.69, 9.17) is 0 Å². The van der Waals surface area contributed by atoms with Gasteiger partial charge in [0.05, 0.1) is 0 Å². The van der Waals surface area contributed by atoms with Crippen LogP contribution in [0.2, 0.25) is 0 Å². The largest absolute Gasteiger partial charge is 0.352 e. The van der Waals surface area contributed by atoms with E-state index in [1.165, 1.54) is 6.92 Å². The number of amides is 1. The van der Waals surface area contributed by atoms with Crippen LogP contribution in [-0.4, -0.2) is 15.9 Å². The Hall–Kier alpha value is -3.67. The fourth-order valence-corrected chi connectivity index (χ4v) is 2.54. The van der Waals surface area contributed by atoms with Crippen molar-refractivity contribution in [2.45, 2.75) is 13.5 Å². The number of H-pyrrole nitrogens is 2. The van der Waals surface area contributed by atoms with Crippen molar-refractivity contribution < 1.29 is 4.79 Å². The normalized spacial score (nSPS) is 12.2. The summed E-state index contributed by atoms with van der Waals surface area (Å²) in [6, 6.07) is 16.6. The molecule has 3 rings (SSSR count). The molecule has 0 spiro atoms. The zero-order chi connectivity index (χ0) is 19.2. The van der Waals surface area contributed by atoms with E-state index in [1.807, 2.05) is 54.6 Å².